The van der Waals surface area contributed by atoms with Gasteiger partial charge in [-0.2, -0.15) is 0 Å². The normalized spacial score (nSPS) is 30.4. The summed E-state index contributed by atoms with van der Waals surface area (Å²) in [6, 6.07) is -0.995. The Balaban J connectivity index is 2.21. The summed E-state index contributed by atoms with van der Waals surface area (Å²) < 4.78 is 0. The third kappa shape index (κ3) is 2.32. The van der Waals surface area contributed by atoms with Crippen LogP contribution in [-0.2, 0) is 9.59 Å². The average molecular weight is 283 g/mol. The maximum Gasteiger partial charge on any atom is 0.329 e. The van der Waals surface area contributed by atoms with Crippen LogP contribution < -0.4 is 5.73 Å². The molecule has 3 N–H and O–H groups in total. The lowest BCUT2D eigenvalue weighted by Gasteiger charge is -2.40. The van der Waals surface area contributed by atoms with Gasteiger partial charge >= 0.3 is 12.0 Å². The van der Waals surface area contributed by atoms with Crippen molar-refractivity contribution in [3.8, 4) is 0 Å². The Hall–Kier alpha value is -1.79. The molecule has 0 radical (unpaired) electrons. The number of primary amides is 1. The van der Waals surface area contributed by atoms with E-state index in [0.29, 0.717) is 32.4 Å². The zero-order chi connectivity index (χ0) is 14.9. The van der Waals surface area contributed by atoms with Crippen molar-refractivity contribution in [1.29, 1.82) is 0 Å². The van der Waals surface area contributed by atoms with Crippen molar-refractivity contribution >= 4 is 17.9 Å². The fourth-order valence-electron chi connectivity index (χ4n) is 3.10. The van der Waals surface area contributed by atoms with Gasteiger partial charge in [-0.3, -0.25) is 4.79 Å². The van der Waals surface area contributed by atoms with E-state index in [9.17, 15) is 19.5 Å². The zero-order valence-corrected chi connectivity index (χ0v) is 11.7. The number of carbonyl (C=O) groups excluding carboxylic acids is 2. The van der Waals surface area contributed by atoms with Crippen LogP contribution in [0.1, 0.15) is 39.0 Å². The lowest BCUT2D eigenvalue weighted by atomic mass is 9.98. The lowest BCUT2D eigenvalue weighted by Crippen LogP contribution is -2.60. The van der Waals surface area contributed by atoms with Crippen LogP contribution >= 0.6 is 0 Å². The first-order valence-corrected chi connectivity index (χ1v) is 6.99. The monoisotopic (exact) mass is 283 g/mol. The predicted octanol–water partition coefficient (Wildman–Crippen LogP) is 0.385. The van der Waals surface area contributed by atoms with Crippen LogP contribution in [0.25, 0.3) is 0 Å². The molecule has 2 aliphatic heterocycles. The molecule has 2 aliphatic rings. The van der Waals surface area contributed by atoms with Gasteiger partial charge in [0.05, 0.1) is 0 Å². The van der Waals surface area contributed by atoms with Gasteiger partial charge in [0, 0.05) is 13.1 Å². The molecule has 7 nitrogen and oxygen atoms in total. The Labute approximate surface area is 117 Å². The number of hydrogen-bond acceptors (Lipinski definition) is 3. The van der Waals surface area contributed by atoms with Gasteiger partial charge in [-0.15, -0.1) is 0 Å². The Morgan fingerprint density at radius 2 is 1.90 bits per heavy atom. The van der Waals surface area contributed by atoms with Crippen molar-refractivity contribution in [2.75, 3.05) is 13.1 Å². The zero-order valence-electron chi connectivity index (χ0n) is 11.7. The van der Waals surface area contributed by atoms with Crippen LogP contribution in [0.5, 0.6) is 0 Å². The SMILES string of the molecule is CC1(C(=O)O)CCCN1C(=O)N1CCCCC1C(N)=O. The topological polar surface area (TPSA) is 104 Å². The van der Waals surface area contributed by atoms with Gasteiger partial charge in [-0.25, -0.2) is 9.59 Å². The molecule has 2 heterocycles. The van der Waals surface area contributed by atoms with Gasteiger partial charge in [0.15, 0.2) is 0 Å². The van der Waals surface area contributed by atoms with Crippen LogP contribution in [0.2, 0.25) is 0 Å². The Bertz CT molecular complexity index is 439. The maximum absolute atomic E-state index is 12.6. The van der Waals surface area contributed by atoms with E-state index in [-0.39, 0.29) is 6.03 Å². The standard InChI is InChI=1S/C13H21N3O4/c1-13(11(18)19)6-4-8-16(13)12(20)15-7-3-2-5-9(15)10(14)17/h9H,2-8H2,1H3,(H2,14,17)(H,18,19). The van der Waals surface area contributed by atoms with Crippen LogP contribution in [-0.4, -0.2) is 57.5 Å². The molecule has 0 saturated carbocycles. The van der Waals surface area contributed by atoms with E-state index in [1.165, 1.54) is 9.80 Å². The summed E-state index contributed by atoms with van der Waals surface area (Å²) in [4.78, 5) is 38.3. The number of piperidine rings is 1. The van der Waals surface area contributed by atoms with Crippen molar-refractivity contribution in [3.63, 3.8) is 0 Å². The summed E-state index contributed by atoms with van der Waals surface area (Å²) in [6.07, 6.45) is 3.31. The summed E-state index contributed by atoms with van der Waals surface area (Å²) >= 11 is 0. The van der Waals surface area contributed by atoms with Crippen molar-refractivity contribution in [1.82, 2.24) is 9.80 Å². The first-order chi connectivity index (χ1) is 9.38. The second kappa shape index (κ2) is 5.30. The molecule has 3 amide bonds. The van der Waals surface area contributed by atoms with E-state index in [0.717, 1.165) is 12.8 Å². The highest BCUT2D eigenvalue weighted by atomic mass is 16.4. The number of nitrogens with zero attached hydrogens (tertiary/aromatic N) is 2. The fraction of sp³-hybridized carbons (Fsp3) is 0.769. The minimum absolute atomic E-state index is 0.379. The van der Waals surface area contributed by atoms with Crippen LogP contribution in [0, 0.1) is 0 Å². The minimum atomic E-state index is -1.18. The van der Waals surface area contributed by atoms with E-state index >= 15 is 0 Å². The Kier molecular flexibility index (Phi) is 3.87. The van der Waals surface area contributed by atoms with Gasteiger partial charge in [-0.05, 0) is 39.0 Å². The summed E-state index contributed by atoms with van der Waals surface area (Å²) in [7, 11) is 0. The number of carboxylic acid groups (broad SMARTS) is 1. The van der Waals surface area contributed by atoms with Gasteiger partial charge in [0.1, 0.15) is 11.6 Å². The molecule has 20 heavy (non-hydrogen) atoms. The smallest absolute Gasteiger partial charge is 0.329 e. The molecule has 0 spiro atoms. The summed E-state index contributed by atoms with van der Waals surface area (Å²) in [5.74, 6) is -1.52. The van der Waals surface area contributed by atoms with Gasteiger partial charge in [0.2, 0.25) is 5.91 Å². The van der Waals surface area contributed by atoms with Gasteiger partial charge in [-0.1, -0.05) is 0 Å². The van der Waals surface area contributed by atoms with Crippen LogP contribution in [0.15, 0.2) is 0 Å². The fourth-order valence-corrected chi connectivity index (χ4v) is 3.10. The van der Waals surface area contributed by atoms with Crippen molar-refractivity contribution < 1.29 is 19.5 Å². The number of nitrogens with two attached hydrogens (primary N) is 1. The maximum atomic E-state index is 12.6. The molecule has 0 aromatic heterocycles. The van der Waals surface area contributed by atoms with E-state index in [4.69, 9.17) is 5.73 Å². The number of rotatable bonds is 2. The molecule has 2 saturated heterocycles. The molecule has 0 bridgehead atoms. The van der Waals surface area contributed by atoms with Gasteiger partial charge in [0.25, 0.3) is 0 Å². The summed E-state index contributed by atoms with van der Waals surface area (Å²) in [6.45, 7) is 2.42. The molecular weight excluding hydrogens is 262 g/mol. The highest BCUT2D eigenvalue weighted by Gasteiger charge is 2.48. The van der Waals surface area contributed by atoms with E-state index in [2.05, 4.69) is 0 Å². The van der Waals surface area contributed by atoms with Crippen molar-refractivity contribution in [2.45, 2.75) is 50.6 Å². The number of carbonyl (C=O) groups is 3. The molecule has 112 valence electrons. The highest BCUT2D eigenvalue weighted by Crippen LogP contribution is 2.31. The number of urea groups is 1. The molecule has 0 aromatic rings. The predicted molar refractivity (Wildman–Crippen MR) is 70.9 cm³/mol. The molecule has 2 atom stereocenters. The number of amides is 3. The minimum Gasteiger partial charge on any atom is -0.480 e. The molecule has 0 aliphatic carbocycles. The second-order valence-corrected chi connectivity index (χ2v) is 5.72. The van der Waals surface area contributed by atoms with E-state index in [1.807, 2.05) is 0 Å². The van der Waals surface area contributed by atoms with E-state index in [1.54, 1.807) is 6.92 Å². The third-order valence-corrected chi connectivity index (χ3v) is 4.41. The van der Waals surface area contributed by atoms with Crippen LogP contribution in [0.4, 0.5) is 4.79 Å². The average Bonchev–Trinajstić information content (AvgIpc) is 2.81. The molecular formula is C13H21N3O4. The second-order valence-electron chi connectivity index (χ2n) is 5.72. The molecule has 2 rings (SSSR count). The van der Waals surface area contributed by atoms with E-state index < -0.39 is 23.5 Å². The van der Waals surface area contributed by atoms with Gasteiger partial charge < -0.3 is 20.6 Å². The van der Waals surface area contributed by atoms with Crippen molar-refractivity contribution in [3.05, 3.63) is 0 Å². The Morgan fingerprint density at radius 3 is 2.50 bits per heavy atom. The number of carboxylic acids is 1. The number of aliphatic carboxylic acids is 1. The first kappa shape index (κ1) is 14.6. The molecule has 7 heteroatoms. The first-order valence-electron chi connectivity index (χ1n) is 6.99. The molecule has 0 aromatic carbocycles. The van der Waals surface area contributed by atoms with Crippen LogP contribution in [0.3, 0.4) is 0 Å². The Morgan fingerprint density at radius 1 is 1.20 bits per heavy atom. The highest BCUT2D eigenvalue weighted by molar-refractivity contribution is 5.90. The quantitative estimate of drug-likeness (QED) is 0.764. The largest absolute Gasteiger partial charge is 0.480 e. The molecule has 2 fully saturated rings. The third-order valence-electron chi connectivity index (χ3n) is 4.41. The summed E-state index contributed by atoms with van der Waals surface area (Å²) in [5, 5.41) is 9.36. The lowest BCUT2D eigenvalue weighted by molar-refractivity contribution is -0.147. The summed E-state index contributed by atoms with van der Waals surface area (Å²) in [5.41, 5.74) is 4.17. The molecule has 2 unspecified atom stereocenters. The van der Waals surface area contributed by atoms with Crippen molar-refractivity contribution in [2.24, 2.45) is 5.73 Å². The number of hydrogen-bond donors (Lipinski definition) is 2. The number of likely N-dealkylation sites (tertiary alicyclic amines) is 2.